The van der Waals surface area contributed by atoms with Crippen molar-refractivity contribution in [1.29, 1.82) is 0 Å². The predicted octanol–water partition coefficient (Wildman–Crippen LogP) is 3.94. The average Bonchev–Trinajstić information content (AvgIpc) is 2.65. The van der Waals surface area contributed by atoms with E-state index in [0.29, 0.717) is 16.8 Å². The van der Waals surface area contributed by atoms with Gasteiger partial charge < -0.3 is 9.72 Å². The van der Waals surface area contributed by atoms with Gasteiger partial charge in [0.1, 0.15) is 5.75 Å². The zero-order valence-electron chi connectivity index (χ0n) is 13.4. The van der Waals surface area contributed by atoms with Gasteiger partial charge in [-0.2, -0.15) is 0 Å². The highest BCUT2D eigenvalue weighted by atomic mass is 16.5. The number of para-hydroxylation sites is 1. The molecule has 0 unspecified atom stereocenters. The molecule has 4 heteroatoms. The number of aromatic nitrogens is 1. The van der Waals surface area contributed by atoms with Crippen LogP contribution in [0.1, 0.15) is 10.4 Å². The van der Waals surface area contributed by atoms with Crippen molar-refractivity contribution in [1.82, 2.24) is 4.98 Å². The molecule has 122 valence electrons. The normalized spacial score (nSPS) is 10.9. The van der Waals surface area contributed by atoms with Crippen molar-refractivity contribution in [2.24, 2.45) is 0 Å². The molecule has 0 fully saturated rings. The number of H-pyrrole nitrogens is 1. The number of Topliss-reactive ketones (excluding diaryl/α,β-unsaturated/α-hetero) is 1. The Morgan fingerprint density at radius 1 is 0.840 bits per heavy atom. The van der Waals surface area contributed by atoms with Crippen molar-refractivity contribution in [3.8, 4) is 5.75 Å². The number of hydrogen-bond donors (Lipinski definition) is 1. The molecule has 0 aliphatic heterocycles. The zero-order chi connectivity index (χ0) is 17.2. The van der Waals surface area contributed by atoms with Crippen molar-refractivity contribution in [2.45, 2.75) is 0 Å². The Kier molecular flexibility index (Phi) is 3.78. The number of carbonyl (C=O) groups excluding carboxylic acids is 1. The molecule has 0 saturated heterocycles. The number of rotatable bonds is 4. The predicted molar refractivity (Wildman–Crippen MR) is 98.3 cm³/mol. The molecule has 0 amide bonds. The number of nitrogens with one attached hydrogen (secondary N) is 1. The maximum atomic E-state index is 12.5. The molecule has 1 N–H and O–H groups in total. The molecule has 0 radical (unpaired) electrons. The number of ether oxygens (including phenoxy) is 1. The van der Waals surface area contributed by atoms with E-state index in [4.69, 9.17) is 4.74 Å². The second-order valence-electron chi connectivity index (χ2n) is 5.82. The Labute approximate surface area is 143 Å². The van der Waals surface area contributed by atoms with E-state index >= 15 is 0 Å². The van der Waals surface area contributed by atoms with Crippen LogP contribution in [0, 0.1) is 0 Å². The third kappa shape index (κ3) is 3.02. The molecular formula is C21H15NO3. The van der Waals surface area contributed by atoms with Crippen molar-refractivity contribution in [3.05, 3.63) is 88.7 Å². The van der Waals surface area contributed by atoms with Gasteiger partial charge >= 0.3 is 0 Å². The van der Waals surface area contributed by atoms with Crippen molar-refractivity contribution >= 4 is 27.5 Å². The van der Waals surface area contributed by atoms with Gasteiger partial charge in [-0.25, -0.2) is 0 Å². The summed E-state index contributed by atoms with van der Waals surface area (Å²) in [5.41, 5.74) is 0.998. The molecule has 1 aromatic heterocycles. The fourth-order valence-electron chi connectivity index (χ4n) is 2.86. The molecular weight excluding hydrogens is 314 g/mol. The van der Waals surface area contributed by atoms with Crippen LogP contribution in [0.5, 0.6) is 5.75 Å². The van der Waals surface area contributed by atoms with Crippen LogP contribution in [0.25, 0.3) is 21.7 Å². The van der Waals surface area contributed by atoms with Crippen LogP contribution in [-0.4, -0.2) is 17.4 Å². The number of pyridine rings is 1. The second kappa shape index (κ2) is 6.24. The first-order chi connectivity index (χ1) is 12.2. The summed E-state index contributed by atoms with van der Waals surface area (Å²) in [4.78, 5) is 26.8. The Morgan fingerprint density at radius 2 is 1.60 bits per heavy atom. The number of ketones is 1. The molecule has 25 heavy (non-hydrogen) atoms. The van der Waals surface area contributed by atoms with E-state index in [2.05, 4.69) is 4.98 Å². The quantitative estimate of drug-likeness (QED) is 0.577. The molecule has 3 aromatic carbocycles. The summed E-state index contributed by atoms with van der Waals surface area (Å²) in [5, 5.41) is 2.96. The van der Waals surface area contributed by atoms with Gasteiger partial charge in [0.2, 0.25) is 5.56 Å². The Balaban J connectivity index is 1.59. The van der Waals surface area contributed by atoms with Crippen LogP contribution >= 0.6 is 0 Å². The molecule has 0 spiro atoms. The Hall–Kier alpha value is -3.40. The van der Waals surface area contributed by atoms with Crippen molar-refractivity contribution in [3.63, 3.8) is 0 Å². The van der Waals surface area contributed by atoms with Crippen LogP contribution in [0.15, 0.2) is 77.6 Å². The lowest BCUT2D eigenvalue weighted by molar-refractivity contribution is 0.0922. The van der Waals surface area contributed by atoms with Crippen LogP contribution in [-0.2, 0) is 0 Å². The smallest absolute Gasteiger partial charge is 0.248 e. The van der Waals surface area contributed by atoms with E-state index in [0.717, 1.165) is 16.2 Å². The monoisotopic (exact) mass is 329 g/mol. The minimum Gasteiger partial charge on any atom is -0.483 e. The fraction of sp³-hybridized carbons (Fsp3) is 0.0476. The molecule has 4 aromatic rings. The minimum absolute atomic E-state index is 0.0889. The van der Waals surface area contributed by atoms with Crippen LogP contribution in [0.4, 0.5) is 0 Å². The molecule has 1 heterocycles. The fourth-order valence-corrected chi connectivity index (χ4v) is 2.86. The summed E-state index contributed by atoms with van der Waals surface area (Å²) in [6, 6.07) is 22.1. The highest BCUT2D eigenvalue weighted by Gasteiger charge is 2.10. The number of aromatic amines is 1. The summed E-state index contributed by atoms with van der Waals surface area (Å²) in [6.07, 6.45) is 0. The van der Waals surface area contributed by atoms with Gasteiger partial charge in [0.15, 0.2) is 12.4 Å². The first kappa shape index (κ1) is 15.1. The van der Waals surface area contributed by atoms with E-state index in [1.54, 1.807) is 18.2 Å². The lowest BCUT2D eigenvalue weighted by atomic mass is 10.0. The number of hydrogen-bond acceptors (Lipinski definition) is 3. The van der Waals surface area contributed by atoms with Gasteiger partial charge in [0.25, 0.3) is 0 Å². The lowest BCUT2D eigenvalue weighted by Gasteiger charge is -2.09. The largest absolute Gasteiger partial charge is 0.483 e. The molecule has 0 aliphatic carbocycles. The maximum Gasteiger partial charge on any atom is 0.248 e. The van der Waals surface area contributed by atoms with Gasteiger partial charge in [0, 0.05) is 17.0 Å². The molecule has 0 aliphatic rings. The van der Waals surface area contributed by atoms with Crippen LogP contribution in [0.3, 0.4) is 0 Å². The second-order valence-corrected chi connectivity index (χ2v) is 5.82. The van der Waals surface area contributed by atoms with Gasteiger partial charge in [-0.1, -0.05) is 48.5 Å². The third-order valence-electron chi connectivity index (χ3n) is 4.15. The third-order valence-corrected chi connectivity index (χ3v) is 4.15. The van der Waals surface area contributed by atoms with Gasteiger partial charge in [-0.05, 0) is 29.0 Å². The summed E-state index contributed by atoms with van der Waals surface area (Å²) >= 11 is 0. The van der Waals surface area contributed by atoms with Crippen LogP contribution in [0.2, 0.25) is 0 Å². The summed E-state index contributed by atoms with van der Waals surface area (Å²) in [5.74, 6) is 0.380. The van der Waals surface area contributed by atoms with Gasteiger partial charge in [-0.3, -0.25) is 9.59 Å². The van der Waals surface area contributed by atoms with Crippen molar-refractivity contribution < 1.29 is 9.53 Å². The van der Waals surface area contributed by atoms with E-state index in [-0.39, 0.29) is 17.9 Å². The van der Waals surface area contributed by atoms with Gasteiger partial charge in [0.05, 0.1) is 5.52 Å². The molecule has 0 saturated carbocycles. The van der Waals surface area contributed by atoms with E-state index < -0.39 is 0 Å². The summed E-state index contributed by atoms with van der Waals surface area (Å²) in [6.45, 7) is -0.0889. The molecule has 4 nitrogen and oxygen atoms in total. The minimum atomic E-state index is -0.204. The number of carbonyl (C=O) groups is 1. The topological polar surface area (TPSA) is 59.2 Å². The molecule has 4 rings (SSSR count). The summed E-state index contributed by atoms with van der Waals surface area (Å²) < 4.78 is 5.68. The van der Waals surface area contributed by atoms with E-state index in [1.165, 1.54) is 6.07 Å². The zero-order valence-corrected chi connectivity index (χ0v) is 13.4. The Morgan fingerprint density at radius 3 is 2.48 bits per heavy atom. The highest BCUT2D eigenvalue weighted by Crippen LogP contribution is 2.22. The maximum absolute atomic E-state index is 12.5. The van der Waals surface area contributed by atoms with Gasteiger partial charge in [-0.15, -0.1) is 0 Å². The summed E-state index contributed by atoms with van der Waals surface area (Å²) in [7, 11) is 0. The average molecular weight is 329 g/mol. The van der Waals surface area contributed by atoms with Crippen LogP contribution < -0.4 is 10.3 Å². The first-order valence-corrected chi connectivity index (χ1v) is 7.97. The van der Waals surface area contributed by atoms with Crippen molar-refractivity contribution in [2.75, 3.05) is 6.61 Å². The number of benzene rings is 3. The molecule has 0 bridgehead atoms. The first-order valence-electron chi connectivity index (χ1n) is 7.97. The SMILES string of the molecule is O=C(COc1cccc2ccc(=O)[nH]c12)c1ccc2ccccc2c1. The standard InChI is InChI=1S/C21H15NO3/c23-18(17-9-8-14-4-1-2-5-16(14)12-17)13-25-19-7-3-6-15-10-11-20(24)22-21(15)19/h1-12H,13H2,(H,22,24). The van der Waals surface area contributed by atoms with E-state index in [1.807, 2.05) is 48.5 Å². The molecule has 0 atom stereocenters. The number of fused-ring (bicyclic) bond motifs is 2. The highest BCUT2D eigenvalue weighted by molar-refractivity contribution is 6.01. The van der Waals surface area contributed by atoms with E-state index in [9.17, 15) is 9.59 Å². The Bertz CT molecular complexity index is 1140. The lowest BCUT2D eigenvalue weighted by Crippen LogP contribution is -2.12.